The average molecular weight is 246 g/mol. The van der Waals surface area contributed by atoms with E-state index in [1.165, 1.54) is 0 Å². The highest BCUT2D eigenvalue weighted by molar-refractivity contribution is 4.87. The number of hydrogen-bond acceptors (Lipinski definition) is 4. The maximum atomic E-state index is 11.5. The Morgan fingerprint density at radius 1 is 1.41 bits per heavy atom. The first-order valence-electron chi connectivity index (χ1n) is 6.28. The van der Waals surface area contributed by atoms with E-state index in [4.69, 9.17) is 4.94 Å². The van der Waals surface area contributed by atoms with Crippen molar-refractivity contribution in [2.75, 3.05) is 27.7 Å². The van der Waals surface area contributed by atoms with Crippen LogP contribution < -0.4 is 5.23 Å². The van der Waals surface area contributed by atoms with Crippen LogP contribution in [-0.2, 0) is 4.94 Å². The van der Waals surface area contributed by atoms with Gasteiger partial charge in [0.05, 0.1) is 27.7 Å². The van der Waals surface area contributed by atoms with E-state index >= 15 is 0 Å². The first-order valence-corrected chi connectivity index (χ1v) is 6.28. The second-order valence-corrected chi connectivity index (χ2v) is 6.57. The zero-order chi connectivity index (χ0) is 12.8. The minimum Gasteiger partial charge on any atom is -0.598 e. The summed E-state index contributed by atoms with van der Waals surface area (Å²) in [6.45, 7) is 3.26. The normalized spacial score (nSPS) is 43.8. The Morgan fingerprint density at radius 2 is 2.06 bits per heavy atom. The van der Waals surface area contributed by atoms with Gasteiger partial charge >= 0.3 is 0 Å². The van der Waals surface area contributed by atoms with Gasteiger partial charge in [-0.1, -0.05) is 11.9 Å². The lowest BCUT2D eigenvalue weighted by molar-refractivity contribution is -1.08. The molecule has 5 atom stereocenters. The van der Waals surface area contributed by atoms with Gasteiger partial charge in [0, 0.05) is 12.3 Å². The summed E-state index contributed by atoms with van der Waals surface area (Å²) in [5.41, 5.74) is 0. The van der Waals surface area contributed by atoms with Gasteiger partial charge in [-0.25, -0.2) is 0 Å². The van der Waals surface area contributed by atoms with E-state index in [1.54, 1.807) is 0 Å². The third kappa shape index (κ3) is 2.78. The largest absolute Gasteiger partial charge is 0.598 e. The van der Waals surface area contributed by atoms with Crippen molar-refractivity contribution in [1.82, 2.24) is 5.23 Å². The monoisotopic (exact) mass is 246 g/mol. The maximum Gasteiger partial charge on any atom is 0.140 e. The van der Waals surface area contributed by atoms with Crippen molar-refractivity contribution >= 4 is 0 Å². The Morgan fingerprint density at radius 3 is 2.65 bits per heavy atom. The first kappa shape index (κ1) is 13.2. The van der Waals surface area contributed by atoms with E-state index in [-0.39, 0.29) is 17.3 Å². The molecule has 1 aliphatic carbocycles. The van der Waals surface area contributed by atoms with Crippen molar-refractivity contribution < 1.29 is 19.9 Å². The molecule has 2 N–H and O–H groups in total. The zero-order valence-electron chi connectivity index (χ0n) is 11.1. The SMILES string of the molecule is CC1CC2C(CC1C[N+](C)(C)C)N(O)O[NH+]2[O-]. The molecule has 1 saturated carbocycles. The minimum atomic E-state index is -0.270. The van der Waals surface area contributed by atoms with E-state index in [0.29, 0.717) is 11.8 Å². The number of hydroxylamine groups is 4. The summed E-state index contributed by atoms with van der Waals surface area (Å²) in [7, 11) is 6.52. The fourth-order valence-electron chi connectivity index (χ4n) is 3.14. The molecular weight excluding hydrogens is 222 g/mol. The van der Waals surface area contributed by atoms with E-state index in [1.807, 2.05) is 0 Å². The number of nitrogens with zero attached hydrogens (tertiary/aromatic N) is 2. The van der Waals surface area contributed by atoms with Gasteiger partial charge in [0.2, 0.25) is 0 Å². The Kier molecular flexibility index (Phi) is 3.46. The topological polar surface area (TPSA) is 60.2 Å². The third-order valence-electron chi connectivity index (χ3n) is 3.99. The average Bonchev–Trinajstić information content (AvgIpc) is 2.42. The molecule has 0 aromatic rings. The molecule has 5 unspecified atom stereocenters. The van der Waals surface area contributed by atoms with E-state index < -0.39 is 0 Å². The van der Waals surface area contributed by atoms with Crippen LogP contribution >= 0.6 is 0 Å². The molecule has 0 aromatic heterocycles. The van der Waals surface area contributed by atoms with Crippen LogP contribution in [0, 0.1) is 17.0 Å². The van der Waals surface area contributed by atoms with Crippen LogP contribution in [0.3, 0.4) is 0 Å². The number of fused-ring (bicyclic) bond motifs is 1. The predicted molar refractivity (Wildman–Crippen MR) is 61.4 cm³/mol. The molecule has 0 aromatic carbocycles. The molecule has 2 aliphatic rings. The number of rotatable bonds is 2. The van der Waals surface area contributed by atoms with Crippen LogP contribution in [0.5, 0.6) is 0 Å². The smallest absolute Gasteiger partial charge is 0.140 e. The van der Waals surface area contributed by atoms with Crippen molar-refractivity contribution in [3.8, 4) is 0 Å². The molecule has 6 nitrogen and oxygen atoms in total. The summed E-state index contributed by atoms with van der Waals surface area (Å²) in [5.74, 6) is 1.04. The van der Waals surface area contributed by atoms with Crippen molar-refractivity contribution in [2.24, 2.45) is 11.8 Å². The fourth-order valence-corrected chi connectivity index (χ4v) is 3.14. The lowest BCUT2D eigenvalue weighted by Gasteiger charge is -2.38. The standard InChI is InChI=1S/C11H24N3O3/c1-8-5-10-11(13(16)17-12(10)15)6-9(8)7-14(2,3)4/h8-12,16H,5-7H2,1-4H3/q+1. The summed E-state index contributed by atoms with van der Waals surface area (Å²) in [6.07, 6.45) is 1.66. The Labute approximate surface area is 102 Å². The van der Waals surface area contributed by atoms with Gasteiger partial charge in [-0.15, -0.1) is 0 Å². The zero-order valence-corrected chi connectivity index (χ0v) is 11.1. The second kappa shape index (κ2) is 4.46. The molecule has 0 amide bonds. The number of hydrogen-bond donors (Lipinski definition) is 2. The molecule has 100 valence electrons. The summed E-state index contributed by atoms with van der Waals surface area (Å²) in [5, 5.41) is 21.6. The molecule has 0 radical (unpaired) electrons. The van der Waals surface area contributed by atoms with Gasteiger partial charge < -0.3 is 9.69 Å². The van der Waals surface area contributed by atoms with Gasteiger partial charge in [0.15, 0.2) is 0 Å². The van der Waals surface area contributed by atoms with Crippen molar-refractivity contribution in [3.05, 3.63) is 5.21 Å². The highest BCUT2D eigenvalue weighted by Crippen LogP contribution is 2.34. The van der Waals surface area contributed by atoms with Crippen molar-refractivity contribution in [2.45, 2.75) is 31.8 Å². The lowest BCUT2D eigenvalue weighted by Crippen LogP contribution is -3.09. The maximum absolute atomic E-state index is 11.5. The van der Waals surface area contributed by atoms with E-state index in [0.717, 1.165) is 29.1 Å². The Bertz CT molecular complexity index is 282. The van der Waals surface area contributed by atoms with Gasteiger partial charge in [-0.05, 0) is 17.6 Å². The summed E-state index contributed by atoms with van der Waals surface area (Å²) >= 11 is 0. The molecule has 1 saturated heterocycles. The first-order chi connectivity index (χ1) is 7.78. The lowest BCUT2D eigenvalue weighted by atomic mass is 9.75. The Balaban J connectivity index is 2.04. The molecule has 17 heavy (non-hydrogen) atoms. The van der Waals surface area contributed by atoms with Crippen LogP contribution in [0.2, 0.25) is 0 Å². The van der Waals surface area contributed by atoms with Crippen molar-refractivity contribution in [1.29, 1.82) is 0 Å². The molecule has 0 spiro atoms. The molecule has 2 rings (SSSR count). The van der Waals surface area contributed by atoms with Gasteiger partial charge in [0.1, 0.15) is 12.1 Å². The Hall–Kier alpha value is -0.240. The quantitative estimate of drug-likeness (QED) is 0.505. The highest BCUT2D eigenvalue weighted by Gasteiger charge is 2.49. The second-order valence-electron chi connectivity index (χ2n) is 6.57. The molecule has 2 fully saturated rings. The van der Waals surface area contributed by atoms with Gasteiger partial charge in [-0.2, -0.15) is 5.23 Å². The molecule has 1 aliphatic heterocycles. The van der Waals surface area contributed by atoms with E-state index in [9.17, 15) is 10.4 Å². The van der Waals surface area contributed by atoms with Crippen molar-refractivity contribution in [3.63, 3.8) is 0 Å². The van der Waals surface area contributed by atoms with Gasteiger partial charge in [0.25, 0.3) is 0 Å². The molecule has 1 heterocycles. The van der Waals surface area contributed by atoms with Crippen LogP contribution in [0.1, 0.15) is 19.8 Å². The molecular formula is C11H24N3O3+. The number of nitrogens with one attached hydrogen (secondary N) is 1. The third-order valence-corrected chi connectivity index (χ3v) is 3.99. The van der Waals surface area contributed by atoms with Crippen LogP contribution in [0.25, 0.3) is 0 Å². The molecule has 0 bridgehead atoms. The summed E-state index contributed by atoms with van der Waals surface area (Å²) in [6, 6.07) is -0.283. The van der Waals surface area contributed by atoms with E-state index in [2.05, 4.69) is 28.1 Å². The van der Waals surface area contributed by atoms with Gasteiger partial charge in [-0.3, -0.25) is 5.21 Å². The summed E-state index contributed by atoms with van der Waals surface area (Å²) < 4.78 is 0.909. The fraction of sp³-hybridized carbons (Fsp3) is 1.00. The van der Waals surface area contributed by atoms with Crippen LogP contribution in [0.4, 0.5) is 0 Å². The predicted octanol–water partition coefficient (Wildman–Crippen LogP) is -0.590. The van der Waals surface area contributed by atoms with Crippen LogP contribution in [-0.4, -0.2) is 54.7 Å². The number of quaternary nitrogens is 2. The highest BCUT2D eigenvalue weighted by atomic mass is 17.1. The minimum absolute atomic E-state index is 0.140. The molecule has 6 heteroatoms. The summed E-state index contributed by atoms with van der Waals surface area (Å²) in [4.78, 5) is 4.78. The van der Waals surface area contributed by atoms with Crippen LogP contribution in [0.15, 0.2) is 0 Å².